The summed E-state index contributed by atoms with van der Waals surface area (Å²) in [7, 11) is -4.30. The van der Waals surface area contributed by atoms with Gasteiger partial charge in [0.05, 0.1) is 6.42 Å². The predicted octanol–water partition coefficient (Wildman–Crippen LogP) is 1.75. The Balaban J connectivity index is 2.19. The summed E-state index contributed by atoms with van der Waals surface area (Å²) >= 11 is 0.649. The Kier molecular flexibility index (Phi) is 3.59. The fourth-order valence-corrected chi connectivity index (χ4v) is 4.42. The van der Waals surface area contributed by atoms with Crippen molar-refractivity contribution in [3.63, 3.8) is 0 Å². The molecule has 1 fully saturated rings. The molecule has 112 valence electrons. The number of sulfonamides is 1. The maximum Gasteiger partial charge on any atom is 0.407 e. The van der Waals surface area contributed by atoms with E-state index in [4.69, 9.17) is 5.11 Å². The standard InChI is InChI=1S/C10H10F3NO4S2/c11-10(12,13)9(3-4-9)14-20(17,18)8-2-1-6(19-8)5-7(15)16/h1-2,14H,3-5H2,(H,15,16). The molecule has 0 unspecified atom stereocenters. The van der Waals surface area contributed by atoms with Crippen molar-refractivity contribution in [2.75, 3.05) is 0 Å². The first-order valence-corrected chi connectivity index (χ1v) is 7.77. The number of hydrogen-bond acceptors (Lipinski definition) is 4. The van der Waals surface area contributed by atoms with Crippen molar-refractivity contribution in [2.24, 2.45) is 0 Å². The first kappa shape index (κ1) is 15.3. The quantitative estimate of drug-likeness (QED) is 0.862. The summed E-state index contributed by atoms with van der Waals surface area (Å²) in [5.74, 6) is -1.14. The van der Waals surface area contributed by atoms with Gasteiger partial charge in [-0.05, 0) is 25.0 Å². The van der Waals surface area contributed by atoms with Crippen LogP contribution in [0.2, 0.25) is 0 Å². The average Bonchev–Trinajstić information content (AvgIpc) is 2.87. The van der Waals surface area contributed by atoms with Gasteiger partial charge in [-0.25, -0.2) is 8.42 Å². The first-order chi connectivity index (χ1) is 9.06. The Hall–Kier alpha value is -1.13. The number of halogens is 3. The Labute approximate surface area is 116 Å². The molecule has 1 aliphatic carbocycles. The molecule has 0 spiro atoms. The summed E-state index contributed by atoms with van der Waals surface area (Å²) in [5, 5.41) is 8.57. The molecule has 0 aromatic carbocycles. The van der Waals surface area contributed by atoms with Gasteiger partial charge in [0.15, 0.2) is 0 Å². The van der Waals surface area contributed by atoms with E-state index in [0.29, 0.717) is 11.3 Å². The lowest BCUT2D eigenvalue weighted by molar-refractivity contribution is -0.160. The monoisotopic (exact) mass is 329 g/mol. The number of carboxylic acids is 1. The molecular weight excluding hydrogens is 319 g/mol. The molecule has 5 nitrogen and oxygen atoms in total. The average molecular weight is 329 g/mol. The molecule has 2 rings (SSSR count). The van der Waals surface area contributed by atoms with Crippen molar-refractivity contribution in [3.05, 3.63) is 17.0 Å². The minimum absolute atomic E-state index is 0.259. The van der Waals surface area contributed by atoms with Gasteiger partial charge in [-0.1, -0.05) is 0 Å². The predicted molar refractivity (Wildman–Crippen MR) is 64.0 cm³/mol. The molecule has 1 aromatic heterocycles. The highest BCUT2D eigenvalue weighted by Gasteiger charge is 2.65. The van der Waals surface area contributed by atoms with Gasteiger partial charge in [-0.15, -0.1) is 11.3 Å². The summed E-state index contributed by atoms with van der Waals surface area (Å²) in [6.45, 7) is 0. The third-order valence-corrected chi connectivity index (χ3v) is 5.96. The van der Waals surface area contributed by atoms with E-state index in [1.165, 1.54) is 6.07 Å². The topological polar surface area (TPSA) is 83.5 Å². The summed E-state index contributed by atoms with van der Waals surface area (Å²) in [5.41, 5.74) is -2.37. The number of rotatable bonds is 5. The summed E-state index contributed by atoms with van der Waals surface area (Å²) in [6, 6.07) is 2.39. The molecule has 1 heterocycles. The van der Waals surface area contributed by atoms with E-state index in [1.807, 2.05) is 0 Å². The third kappa shape index (κ3) is 2.96. The number of aliphatic carboxylic acids is 1. The van der Waals surface area contributed by atoms with Crippen LogP contribution < -0.4 is 4.72 Å². The Morgan fingerprint density at radius 1 is 1.40 bits per heavy atom. The van der Waals surface area contributed by atoms with E-state index in [1.54, 1.807) is 4.72 Å². The van der Waals surface area contributed by atoms with Crippen LogP contribution in [0.5, 0.6) is 0 Å². The molecule has 0 aliphatic heterocycles. The van der Waals surface area contributed by atoms with Gasteiger partial charge in [0.1, 0.15) is 9.75 Å². The van der Waals surface area contributed by atoms with Gasteiger partial charge in [0.2, 0.25) is 0 Å². The molecular formula is C10H10F3NO4S2. The molecule has 0 amide bonds. The van der Waals surface area contributed by atoms with E-state index in [2.05, 4.69) is 0 Å². The second-order valence-electron chi connectivity index (χ2n) is 4.48. The zero-order valence-corrected chi connectivity index (χ0v) is 11.5. The normalized spacial score (nSPS) is 17.9. The molecule has 1 saturated carbocycles. The van der Waals surface area contributed by atoms with Gasteiger partial charge >= 0.3 is 12.1 Å². The fourth-order valence-electron chi connectivity index (χ4n) is 1.62. The van der Waals surface area contributed by atoms with Crippen LogP contribution in [0.15, 0.2) is 16.3 Å². The maximum atomic E-state index is 12.7. The lowest BCUT2D eigenvalue weighted by Gasteiger charge is -2.19. The van der Waals surface area contributed by atoms with Gasteiger partial charge in [0, 0.05) is 4.88 Å². The van der Waals surface area contributed by atoms with Crippen LogP contribution in [-0.4, -0.2) is 31.2 Å². The smallest absolute Gasteiger partial charge is 0.407 e. The fraction of sp³-hybridized carbons (Fsp3) is 0.500. The van der Waals surface area contributed by atoms with Crippen LogP contribution in [0.4, 0.5) is 13.2 Å². The molecule has 2 N–H and O–H groups in total. The molecule has 1 aliphatic rings. The van der Waals surface area contributed by atoms with E-state index >= 15 is 0 Å². The van der Waals surface area contributed by atoms with Crippen molar-refractivity contribution in [2.45, 2.75) is 35.2 Å². The van der Waals surface area contributed by atoms with E-state index in [9.17, 15) is 26.4 Å². The van der Waals surface area contributed by atoms with E-state index in [0.717, 1.165) is 6.07 Å². The second-order valence-corrected chi connectivity index (χ2v) is 7.55. The van der Waals surface area contributed by atoms with Crippen LogP contribution in [0.3, 0.4) is 0 Å². The van der Waals surface area contributed by atoms with E-state index in [-0.39, 0.29) is 28.3 Å². The molecule has 20 heavy (non-hydrogen) atoms. The lowest BCUT2D eigenvalue weighted by atomic mass is 10.3. The molecule has 0 atom stereocenters. The summed E-state index contributed by atoms with van der Waals surface area (Å²) < 4.78 is 63.3. The molecule has 10 heteroatoms. The van der Waals surface area contributed by atoms with Gasteiger partial charge < -0.3 is 5.11 Å². The Morgan fingerprint density at radius 2 is 2.00 bits per heavy atom. The minimum Gasteiger partial charge on any atom is -0.481 e. The van der Waals surface area contributed by atoms with Crippen LogP contribution >= 0.6 is 11.3 Å². The largest absolute Gasteiger partial charge is 0.481 e. The first-order valence-electron chi connectivity index (χ1n) is 5.47. The van der Waals surface area contributed by atoms with Crippen molar-refractivity contribution >= 4 is 27.3 Å². The number of carbonyl (C=O) groups is 1. The summed E-state index contributed by atoms with van der Waals surface area (Å²) in [6.07, 6.45) is -5.59. The number of thiophene rings is 1. The number of alkyl halides is 3. The molecule has 0 bridgehead atoms. The number of carboxylic acid groups (broad SMARTS) is 1. The van der Waals surface area contributed by atoms with Crippen molar-refractivity contribution in [3.8, 4) is 0 Å². The van der Waals surface area contributed by atoms with E-state index < -0.39 is 27.7 Å². The van der Waals surface area contributed by atoms with Crippen molar-refractivity contribution in [1.29, 1.82) is 0 Å². The minimum atomic E-state index is -4.64. The maximum absolute atomic E-state index is 12.7. The third-order valence-electron chi connectivity index (χ3n) is 2.85. The number of hydrogen-bond donors (Lipinski definition) is 2. The van der Waals surface area contributed by atoms with Crippen LogP contribution in [0.1, 0.15) is 17.7 Å². The van der Waals surface area contributed by atoms with Gasteiger partial charge in [0.25, 0.3) is 10.0 Å². The highest BCUT2D eigenvalue weighted by molar-refractivity contribution is 7.91. The van der Waals surface area contributed by atoms with Crippen molar-refractivity contribution in [1.82, 2.24) is 4.72 Å². The highest BCUT2D eigenvalue weighted by Crippen LogP contribution is 2.49. The van der Waals surface area contributed by atoms with Crippen molar-refractivity contribution < 1.29 is 31.5 Å². The SMILES string of the molecule is O=C(O)Cc1ccc(S(=O)(=O)NC2(C(F)(F)F)CC2)s1. The number of nitrogens with one attached hydrogen (secondary N) is 1. The summed E-state index contributed by atoms with van der Waals surface area (Å²) in [4.78, 5) is 10.7. The lowest BCUT2D eigenvalue weighted by Crippen LogP contribution is -2.47. The Morgan fingerprint density at radius 3 is 2.45 bits per heavy atom. The van der Waals surface area contributed by atoms with Gasteiger partial charge in [-0.2, -0.15) is 17.9 Å². The van der Waals surface area contributed by atoms with Crippen LogP contribution in [-0.2, 0) is 21.2 Å². The highest BCUT2D eigenvalue weighted by atomic mass is 32.2. The Bertz CT molecular complexity index is 631. The van der Waals surface area contributed by atoms with Crippen LogP contribution in [0.25, 0.3) is 0 Å². The molecule has 1 aromatic rings. The zero-order chi connectivity index (χ0) is 15.2. The zero-order valence-electron chi connectivity index (χ0n) is 9.90. The van der Waals surface area contributed by atoms with Gasteiger partial charge in [-0.3, -0.25) is 4.79 Å². The molecule has 0 radical (unpaired) electrons. The molecule has 0 saturated heterocycles. The second kappa shape index (κ2) is 4.71. The van der Waals surface area contributed by atoms with Crippen LogP contribution in [0, 0.1) is 0 Å².